The van der Waals surface area contributed by atoms with Crippen molar-refractivity contribution >= 4 is 0 Å². The first-order chi connectivity index (χ1) is 6.70. The van der Waals surface area contributed by atoms with Gasteiger partial charge in [-0.15, -0.1) is 0 Å². The number of hydrogen-bond acceptors (Lipinski definition) is 2. The van der Waals surface area contributed by atoms with E-state index in [1.54, 1.807) is 0 Å². The molecule has 0 amide bonds. The maximum atomic E-state index is 5.77. The number of likely N-dealkylation sites (tertiary alicyclic amines) is 1. The van der Waals surface area contributed by atoms with Crippen LogP contribution in [0.1, 0.15) is 39.5 Å². The molecule has 0 aromatic carbocycles. The van der Waals surface area contributed by atoms with Gasteiger partial charge in [-0.05, 0) is 51.0 Å². The fourth-order valence-electron chi connectivity index (χ4n) is 3.04. The molecule has 0 aromatic heterocycles. The van der Waals surface area contributed by atoms with E-state index < -0.39 is 0 Å². The minimum Gasteiger partial charge on any atom is -0.330 e. The van der Waals surface area contributed by atoms with Gasteiger partial charge in [-0.25, -0.2) is 0 Å². The molecule has 0 aromatic rings. The summed E-state index contributed by atoms with van der Waals surface area (Å²) in [4.78, 5) is 2.72. The number of hydrogen-bond donors (Lipinski definition) is 1. The van der Waals surface area contributed by atoms with Crippen molar-refractivity contribution in [2.45, 2.75) is 51.6 Å². The molecule has 2 N–H and O–H groups in total. The SMILES string of the molecule is CC1CC(N2CC(CN)CCC2C)C1. The highest BCUT2D eigenvalue weighted by Gasteiger charge is 2.36. The third-order valence-electron chi connectivity index (χ3n) is 4.18. The molecule has 2 unspecified atom stereocenters. The molecule has 2 nitrogen and oxygen atoms in total. The molecule has 0 radical (unpaired) electrons. The summed E-state index contributed by atoms with van der Waals surface area (Å²) >= 11 is 0. The Balaban J connectivity index is 1.88. The first kappa shape index (κ1) is 10.4. The van der Waals surface area contributed by atoms with E-state index in [1.807, 2.05) is 0 Å². The van der Waals surface area contributed by atoms with Crippen LogP contribution in [0.15, 0.2) is 0 Å². The second-order valence-corrected chi connectivity index (χ2v) is 5.46. The molecule has 0 spiro atoms. The van der Waals surface area contributed by atoms with Crippen molar-refractivity contribution in [1.29, 1.82) is 0 Å². The van der Waals surface area contributed by atoms with E-state index >= 15 is 0 Å². The first-order valence-electron chi connectivity index (χ1n) is 6.16. The molecular weight excluding hydrogens is 172 g/mol. The van der Waals surface area contributed by atoms with Crippen LogP contribution in [0.5, 0.6) is 0 Å². The standard InChI is InChI=1S/C12H24N2/c1-9-5-12(6-9)14-8-11(7-13)4-3-10(14)2/h9-12H,3-8,13H2,1-2H3. The van der Waals surface area contributed by atoms with Crippen LogP contribution < -0.4 is 5.73 Å². The predicted octanol–water partition coefficient (Wildman–Crippen LogP) is 1.84. The smallest absolute Gasteiger partial charge is 0.0103 e. The lowest BCUT2D eigenvalue weighted by Gasteiger charge is -2.48. The van der Waals surface area contributed by atoms with Crippen molar-refractivity contribution in [3.8, 4) is 0 Å². The predicted molar refractivity (Wildman–Crippen MR) is 60.1 cm³/mol. The van der Waals surface area contributed by atoms with Gasteiger partial charge in [0.25, 0.3) is 0 Å². The van der Waals surface area contributed by atoms with E-state index in [1.165, 1.54) is 32.2 Å². The van der Waals surface area contributed by atoms with Crippen molar-refractivity contribution in [3.63, 3.8) is 0 Å². The summed E-state index contributed by atoms with van der Waals surface area (Å²) in [5, 5.41) is 0. The van der Waals surface area contributed by atoms with E-state index in [0.717, 1.165) is 30.5 Å². The second kappa shape index (κ2) is 4.19. The zero-order valence-corrected chi connectivity index (χ0v) is 9.58. The minimum absolute atomic E-state index is 0.766. The number of rotatable bonds is 2. The van der Waals surface area contributed by atoms with E-state index in [4.69, 9.17) is 5.73 Å². The van der Waals surface area contributed by atoms with Gasteiger partial charge < -0.3 is 5.73 Å². The molecule has 14 heavy (non-hydrogen) atoms. The molecular formula is C12H24N2. The maximum absolute atomic E-state index is 5.77. The summed E-state index contributed by atoms with van der Waals surface area (Å²) in [7, 11) is 0. The molecule has 1 saturated heterocycles. The van der Waals surface area contributed by atoms with Gasteiger partial charge in [0.1, 0.15) is 0 Å². The Bertz CT molecular complexity index is 187. The summed E-state index contributed by atoms with van der Waals surface area (Å²) in [6, 6.07) is 1.68. The lowest BCUT2D eigenvalue weighted by Crippen LogP contribution is -2.53. The van der Waals surface area contributed by atoms with E-state index in [9.17, 15) is 0 Å². The van der Waals surface area contributed by atoms with Crippen LogP contribution in [0.25, 0.3) is 0 Å². The lowest BCUT2D eigenvalue weighted by molar-refractivity contribution is 0.0137. The van der Waals surface area contributed by atoms with Crippen LogP contribution in [-0.4, -0.2) is 30.1 Å². The number of piperidine rings is 1. The Morgan fingerprint density at radius 3 is 2.50 bits per heavy atom. The van der Waals surface area contributed by atoms with Crippen LogP contribution in [0.2, 0.25) is 0 Å². The molecule has 2 heteroatoms. The third-order valence-corrected chi connectivity index (χ3v) is 4.18. The zero-order valence-electron chi connectivity index (χ0n) is 9.58. The maximum Gasteiger partial charge on any atom is 0.0103 e. The third kappa shape index (κ3) is 1.96. The molecule has 1 aliphatic heterocycles. The quantitative estimate of drug-likeness (QED) is 0.730. The van der Waals surface area contributed by atoms with E-state index in [0.29, 0.717) is 0 Å². The van der Waals surface area contributed by atoms with Gasteiger partial charge >= 0.3 is 0 Å². The summed E-state index contributed by atoms with van der Waals surface area (Å²) < 4.78 is 0. The largest absolute Gasteiger partial charge is 0.330 e. The highest BCUT2D eigenvalue weighted by Crippen LogP contribution is 2.35. The molecule has 1 saturated carbocycles. The number of nitrogens with two attached hydrogens (primary N) is 1. The van der Waals surface area contributed by atoms with Gasteiger partial charge in [0.2, 0.25) is 0 Å². The molecule has 0 bridgehead atoms. The number of nitrogens with zero attached hydrogens (tertiary/aromatic N) is 1. The van der Waals surface area contributed by atoms with Gasteiger partial charge in [-0.2, -0.15) is 0 Å². The Kier molecular flexibility index (Phi) is 3.13. The molecule has 82 valence electrons. The molecule has 1 aliphatic carbocycles. The Labute approximate surface area is 87.8 Å². The monoisotopic (exact) mass is 196 g/mol. The Hall–Kier alpha value is -0.0800. The van der Waals surface area contributed by atoms with Crippen LogP contribution in [0, 0.1) is 11.8 Å². The van der Waals surface area contributed by atoms with Crippen molar-refractivity contribution in [1.82, 2.24) is 4.90 Å². The Morgan fingerprint density at radius 1 is 1.21 bits per heavy atom. The van der Waals surface area contributed by atoms with Crippen molar-refractivity contribution in [2.75, 3.05) is 13.1 Å². The highest BCUT2D eigenvalue weighted by molar-refractivity contribution is 4.90. The lowest BCUT2D eigenvalue weighted by atomic mass is 9.78. The van der Waals surface area contributed by atoms with Crippen molar-refractivity contribution in [2.24, 2.45) is 17.6 Å². The van der Waals surface area contributed by atoms with E-state index in [-0.39, 0.29) is 0 Å². The summed E-state index contributed by atoms with van der Waals surface area (Å²) in [6.45, 7) is 6.89. The van der Waals surface area contributed by atoms with Gasteiger partial charge in [-0.1, -0.05) is 6.92 Å². The van der Waals surface area contributed by atoms with Crippen LogP contribution in [-0.2, 0) is 0 Å². The summed E-state index contributed by atoms with van der Waals surface area (Å²) in [5.74, 6) is 1.73. The second-order valence-electron chi connectivity index (χ2n) is 5.46. The molecule has 2 fully saturated rings. The van der Waals surface area contributed by atoms with Crippen molar-refractivity contribution < 1.29 is 0 Å². The summed E-state index contributed by atoms with van der Waals surface area (Å²) in [6.07, 6.45) is 5.53. The highest BCUT2D eigenvalue weighted by atomic mass is 15.2. The van der Waals surface area contributed by atoms with Gasteiger partial charge in [0.15, 0.2) is 0 Å². The van der Waals surface area contributed by atoms with Gasteiger partial charge in [0, 0.05) is 18.6 Å². The normalized spacial score (nSPS) is 44.8. The molecule has 2 rings (SSSR count). The molecule has 1 heterocycles. The van der Waals surface area contributed by atoms with Gasteiger partial charge in [0.05, 0.1) is 0 Å². The van der Waals surface area contributed by atoms with Crippen LogP contribution >= 0.6 is 0 Å². The first-order valence-corrected chi connectivity index (χ1v) is 6.16. The fourth-order valence-corrected chi connectivity index (χ4v) is 3.04. The molecule has 2 atom stereocenters. The fraction of sp³-hybridized carbons (Fsp3) is 1.00. The average molecular weight is 196 g/mol. The molecule has 2 aliphatic rings. The van der Waals surface area contributed by atoms with Crippen LogP contribution in [0.3, 0.4) is 0 Å². The Morgan fingerprint density at radius 2 is 1.93 bits per heavy atom. The average Bonchev–Trinajstić information content (AvgIpc) is 2.14. The topological polar surface area (TPSA) is 29.3 Å². The van der Waals surface area contributed by atoms with Gasteiger partial charge in [-0.3, -0.25) is 4.90 Å². The minimum atomic E-state index is 0.766. The summed E-state index contributed by atoms with van der Waals surface area (Å²) in [5.41, 5.74) is 5.77. The van der Waals surface area contributed by atoms with Crippen molar-refractivity contribution in [3.05, 3.63) is 0 Å². The van der Waals surface area contributed by atoms with Crippen LogP contribution in [0.4, 0.5) is 0 Å². The van der Waals surface area contributed by atoms with E-state index in [2.05, 4.69) is 18.7 Å². The zero-order chi connectivity index (χ0) is 10.1.